The van der Waals surface area contributed by atoms with Gasteiger partial charge in [0.25, 0.3) is 5.91 Å². The number of benzene rings is 1. The Balaban J connectivity index is 1.84. The molecule has 1 aromatic carbocycles. The average molecular weight is 490 g/mol. The number of amides is 3. The lowest BCUT2D eigenvalue weighted by Gasteiger charge is -2.22. The number of hydrogen-bond donors (Lipinski definition) is 4. The number of unbranched alkanes of at least 4 members (excludes halogenated alkanes) is 3. The van der Waals surface area contributed by atoms with Crippen LogP contribution in [0.4, 0.5) is 5.69 Å². The summed E-state index contributed by atoms with van der Waals surface area (Å²) in [4.78, 5) is 48.8. The second kappa shape index (κ2) is 15.1. The highest BCUT2D eigenvalue weighted by atomic mass is 16.5. The van der Waals surface area contributed by atoms with Crippen LogP contribution in [0.1, 0.15) is 94.8 Å². The van der Waals surface area contributed by atoms with Crippen LogP contribution in [-0.2, 0) is 19.1 Å². The average Bonchev–Trinajstić information content (AvgIpc) is 3.33. The summed E-state index contributed by atoms with van der Waals surface area (Å²) >= 11 is 0. The Kier molecular flexibility index (Phi) is 12.2. The smallest absolute Gasteiger partial charge is 0.328 e. The normalized spacial score (nSPS) is 14.4. The van der Waals surface area contributed by atoms with E-state index in [1.165, 1.54) is 0 Å². The minimum Gasteiger partial charge on any atom is -0.461 e. The lowest BCUT2D eigenvalue weighted by atomic mass is 10.0. The highest BCUT2D eigenvalue weighted by molar-refractivity contribution is 5.99. The first-order chi connectivity index (χ1) is 16.8. The van der Waals surface area contributed by atoms with Crippen LogP contribution in [0.25, 0.3) is 0 Å². The lowest BCUT2D eigenvalue weighted by Crippen LogP contribution is -2.43. The van der Waals surface area contributed by atoms with Gasteiger partial charge in [0.1, 0.15) is 12.1 Å². The number of carbonyl (C=O) groups excluding carboxylic acids is 4. The summed E-state index contributed by atoms with van der Waals surface area (Å²) in [6, 6.07) is 5.91. The number of ether oxygens (including phenoxy) is 1. The van der Waals surface area contributed by atoms with Gasteiger partial charge in [0, 0.05) is 24.1 Å². The van der Waals surface area contributed by atoms with Crippen LogP contribution in [0, 0.1) is 5.92 Å². The van der Waals surface area contributed by atoms with Gasteiger partial charge in [-0.2, -0.15) is 0 Å². The molecule has 9 nitrogen and oxygen atoms in total. The quantitative estimate of drug-likeness (QED) is 0.135. The number of esters is 1. The van der Waals surface area contributed by atoms with Crippen LogP contribution >= 0.6 is 0 Å². The zero-order valence-corrected chi connectivity index (χ0v) is 20.8. The molecule has 35 heavy (non-hydrogen) atoms. The van der Waals surface area contributed by atoms with E-state index >= 15 is 0 Å². The molecule has 1 atom stereocenters. The summed E-state index contributed by atoms with van der Waals surface area (Å²) in [5.74, 6) is -1.14. The monoisotopic (exact) mass is 489 g/mol. The fourth-order valence-electron chi connectivity index (χ4n) is 4.12. The molecule has 1 aliphatic rings. The maximum Gasteiger partial charge on any atom is 0.328 e. The molecule has 0 spiro atoms. The van der Waals surface area contributed by atoms with Gasteiger partial charge >= 0.3 is 5.97 Å². The SMILES string of the molecule is CC(C)CC(NC(=O)c1cccc(NC(=O)CCCCCCC(=O)NO)c1)C(=O)OC1CCCC1. The van der Waals surface area contributed by atoms with Gasteiger partial charge in [-0.1, -0.05) is 32.8 Å². The standard InChI is InChI=1S/C26H39N3O6/c1-18(2)16-22(26(33)35-21-12-7-8-13-21)28-25(32)19-10-9-11-20(17-19)27-23(30)14-5-3-4-6-15-24(31)29-34/h9-11,17-18,21-22,34H,3-8,12-16H2,1-2H3,(H,27,30)(H,28,32)(H,29,31). The van der Waals surface area contributed by atoms with E-state index in [2.05, 4.69) is 10.6 Å². The Morgan fingerprint density at radius 1 is 1.00 bits per heavy atom. The highest BCUT2D eigenvalue weighted by Crippen LogP contribution is 2.22. The van der Waals surface area contributed by atoms with Crippen LogP contribution in [0.3, 0.4) is 0 Å². The summed E-state index contributed by atoms with van der Waals surface area (Å²) in [5.41, 5.74) is 2.46. The molecule has 1 aromatic rings. The van der Waals surface area contributed by atoms with Gasteiger partial charge in [-0.25, -0.2) is 10.3 Å². The van der Waals surface area contributed by atoms with Crippen LogP contribution in [0.5, 0.6) is 0 Å². The first-order valence-electron chi connectivity index (χ1n) is 12.6. The van der Waals surface area contributed by atoms with Crippen molar-refractivity contribution in [3.63, 3.8) is 0 Å². The molecular formula is C26H39N3O6. The Labute approximate surface area is 207 Å². The maximum absolute atomic E-state index is 12.9. The number of anilines is 1. The van der Waals surface area contributed by atoms with E-state index < -0.39 is 11.9 Å². The number of carbonyl (C=O) groups is 4. The molecule has 1 aliphatic carbocycles. The third-order valence-corrected chi connectivity index (χ3v) is 5.97. The Morgan fingerprint density at radius 3 is 2.29 bits per heavy atom. The van der Waals surface area contributed by atoms with Crippen molar-refractivity contribution in [2.75, 3.05) is 5.32 Å². The van der Waals surface area contributed by atoms with Gasteiger partial charge in [0.05, 0.1) is 0 Å². The molecule has 1 fully saturated rings. The van der Waals surface area contributed by atoms with Gasteiger partial charge in [-0.3, -0.25) is 19.6 Å². The molecular weight excluding hydrogens is 450 g/mol. The fraction of sp³-hybridized carbons (Fsp3) is 0.615. The van der Waals surface area contributed by atoms with E-state index in [0.717, 1.165) is 38.5 Å². The molecule has 4 N–H and O–H groups in total. The van der Waals surface area contributed by atoms with E-state index in [9.17, 15) is 19.2 Å². The second-order valence-electron chi connectivity index (χ2n) is 9.58. The maximum atomic E-state index is 12.9. The molecule has 0 aromatic heterocycles. The van der Waals surface area contributed by atoms with Crippen molar-refractivity contribution in [2.24, 2.45) is 5.92 Å². The molecule has 0 saturated heterocycles. The molecule has 194 valence electrons. The zero-order valence-electron chi connectivity index (χ0n) is 20.8. The van der Waals surface area contributed by atoms with Crippen LogP contribution in [0.2, 0.25) is 0 Å². The fourth-order valence-corrected chi connectivity index (χ4v) is 4.12. The number of hydrogen-bond acceptors (Lipinski definition) is 6. The van der Waals surface area contributed by atoms with E-state index in [4.69, 9.17) is 9.94 Å². The topological polar surface area (TPSA) is 134 Å². The van der Waals surface area contributed by atoms with Gasteiger partial charge in [-0.05, 0) is 69.1 Å². The predicted molar refractivity (Wildman–Crippen MR) is 132 cm³/mol. The number of rotatable bonds is 14. The van der Waals surface area contributed by atoms with E-state index in [1.807, 2.05) is 13.8 Å². The van der Waals surface area contributed by atoms with Gasteiger partial charge in [-0.15, -0.1) is 0 Å². The van der Waals surface area contributed by atoms with E-state index in [1.54, 1.807) is 29.7 Å². The highest BCUT2D eigenvalue weighted by Gasteiger charge is 2.28. The van der Waals surface area contributed by atoms with Crippen molar-refractivity contribution >= 4 is 29.4 Å². The molecule has 2 rings (SSSR count). The number of nitrogens with one attached hydrogen (secondary N) is 3. The molecule has 0 aliphatic heterocycles. The third-order valence-electron chi connectivity index (χ3n) is 5.97. The van der Waals surface area contributed by atoms with Crippen molar-refractivity contribution in [3.05, 3.63) is 29.8 Å². The van der Waals surface area contributed by atoms with Crippen LogP contribution < -0.4 is 16.1 Å². The van der Waals surface area contributed by atoms with Crippen molar-refractivity contribution in [1.82, 2.24) is 10.8 Å². The lowest BCUT2D eigenvalue weighted by molar-refractivity contribution is -0.151. The Morgan fingerprint density at radius 2 is 1.66 bits per heavy atom. The van der Waals surface area contributed by atoms with Crippen molar-refractivity contribution in [2.45, 2.75) is 96.6 Å². The summed E-state index contributed by atoms with van der Waals surface area (Å²) in [7, 11) is 0. The van der Waals surface area contributed by atoms with Gasteiger partial charge in [0.15, 0.2) is 0 Å². The van der Waals surface area contributed by atoms with E-state index in [0.29, 0.717) is 36.9 Å². The van der Waals surface area contributed by atoms with Crippen molar-refractivity contribution < 1.29 is 29.1 Å². The summed E-state index contributed by atoms with van der Waals surface area (Å²) in [6.07, 6.45) is 7.77. The predicted octanol–water partition coefficient (Wildman–Crippen LogP) is 4.10. The molecule has 1 unspecified atom stereocenters. The Hall–Kier alpha value is -2.94. The summed E-state index contributed by atoms with van der Waals surface area (Å²) in [5, 5.41) is 14.1. The molecule has 0 heterocycles. The Bertz CT molecular complexity index is 851. The molecule has 1 saturated carbocycles. The molecule has 0 radical (unpaired) electrons. The minimum absolute atomic E-state index is 0.0624. The third kappa shape index (κ3) is 10.9. The van der Waals surface area contributed by atoms with E-state index in [-0.39, 0.29) is 36.2 Å². The zero-order chi connectivity index (χ0) is 25.6. The summed E-state index contributed by atoms with van der Waals surface area (Å²) in [6.45, 7) is 3.98. The first-order valence-corrected chi connectivity index (χ1v) is 12.6. The van der Waals surface area contributed by atoms with Crippen molar-refractivity contribution in [3.8, 4) is 0 Å². The largest absolute Gasteiger partial charge is 0.461 e. The first kappa shape index (κ1) is 28.3. The molecule has 0 bridgehead atoms. The second-order valence-corrected chi connectivity index (χ2v) is 9.58. The van der Waals surface area contributed by atoms with Gasteiger partial charge in [0.2, 0.25) is 11.8 Å². The molecule has 3 amide bonds. The summed E-state index contributed by atoms with van der Waals surface area (Å²) < 4.78 is 5.63. The number of hydroxylamine groups is 1. The van der Waals surface area contributed by atoms with Gasteiger partial charge < -0.3 is 15.4 Å². The minimum atomic E-state index is -0.718. The van der Waals surface area contributed by atoms with Crippen LogP contribution in [-0.4, -0.2) is 41.0 Å². The van der Waals surface area contributed by atoms with Crippen LogP contribution in [0.15, 0.2) is 24.3 Å². The molecule has 9 heteroatoms. The van der Waals surface area contributed by atoms with Crippen molar-refractivity contribution in [1.29, 1.82) is 0 Å².